The lowest BCUT2D eigenvalue weighted by Crippen LogP contribution is -2.45. The van der Waals surface area contributed by atoms with Gasteiger partial charge < -0.3 is 4.43 Å². The molecule has 0 spiro atoms. The topological polar surface area (TPSA) is 56.8 Å². The standard InChI is InChI=1S/C7H13F2NOSi.C4H9NSi.C3H6F2/c1-12(2,3)11-7(4-8,5-9)6-10;1-6(2,3)4-5;4-2-1-3-5/h4-5H2,1-3H3;1-3H3;1-3H2. The summed E-state index contributed by atoms with van der Waals surface area (Å²) in [7, 11) is -3.38. The lowest BCUT2D eigenvalue weighted by molar-refractivity contribution is 0.0618. The smallest absolute Gasteiger partial charge is 0.201 e. The van der Waals surface area contributed by atoms with Crippen molar-refractivity contribution in [1.29, 1.82) is 10.5 Å². The summed E-state index contributed by atoms with van der Waals surface area (Å²) >= 11 is 0. The number of hydrogen-bond donors (Lipinski definition) is 0. The summed E-state index contributed by atoms with van der Waals surface area (Å²) in [6.45, 7) is 8.16. The molecular formula is C14H28F4N2OSi2. The summed E-state index contributed by atoms with van der Waals surface area (Å²) in [5, 5.41) is 16.7. The van der Waals surface area contributed by atoms with Gasteiger partial charge in [-0.3, -0.25) is 8.78 Å². The summed E-state index contributed by atoms with van der Waals surface area (Å²) in [5.74, 6) is 0. The average Bonchev–Trinajstić information content (AvgIpc) is 2.45. The van der Waals surface area contributed by atoms with E-state index in [1.165, 1.54) is 6.07 Å². The molecule has 0 N–H and O–H groups in total. The van der Waals surface area contributed by atoms with Crippen LogP contribution in [-0.2, 0) is 4.43 Å². The molecule has 0 saturated heterocycles. The summed E-state index contributed by atoms with van der Waals surface area (Å²) in [4.78, 5) is 0. The second kappa shape index (κ2) is 13.5. The molecule has 0 aliphatic rings. The number of alkyl halides is 4. The third kappa shape index (κ3) is 21.1. The molecule has 0 saturated carbocycles. The molecule has 0 rings (SSSR count). The molecule has 0 aromatic heterocycles. The zero-order chi connectivity index (χ0) is 19.2. The van der Waals surface area contributed by atoms with Crippen molar-refractivity contribution in [3.8, 4) is 11.8 Å². The van der Waals surface area contributed by atoms with Crippen molar-refractivity contribution in [2.24, 2.45) is 0 Å². The van der Waals surface area contributed by atoms with E-state index in [1.807, 2.05) is 19.6 Å². The van der Waals surface area contributed by atoms with Gasteiger partial charge in [-0.05, 0) is 19.6 Å². The first kappa shape index (κ1) is 27.0. The third-order valence-electron chi connectivity index (χ3n) is 1.74. The summed E-state index contributed by atoms with van der Waals surface area (Å²) in [5.41, 5.74) is 0.386. The zero-order valence-electron chi connectivity index (χ0n) is 14.9. The average molecular weight is 373 g/mol. The Bertz CT molecular complexity index is 365. The minimum Gasteiger partial charge on any atom is -0.396 e. The Morgan fingerprint density at radius 3 is 1.26 bits per heavy atom. The van der Waals surface area contributed by atoms with Crippen molar-refractivity contribution < 1.29 is 22.0 Å². The second-order valence-corrected chi connectivity index (χ2v) is 15.8. The molecule has 0 amide bonds. The lowest BCUT2D eigenvalue weighted by Gasteiger charge is -2.28. The van der Waals surface area contributed by atoms with Crippen molar-refractivity contribution in [2.45, 2.75) is 51.3 Å². The van der Waals surface area contributed by atoms with E-state index < -0.39 is 48.7 Å². The van der Waals surface area contributed by atoms with Crippen molar-refractivity contribution in [3.63, 3.8) is 0 Å². The number of nitrogens with zero attached hydrogens (tertiary/aromatic N) is 2. The number of halogens is 4. The van der Waals surface area contributed by atoms with Gasteiger partial charge in [0.15, 0.2) is 16.4 Å². The van der Waals surface area contributed by atoms with E-state index in [0.717, 1.165) is 0 Å². The predicted octanol–water partition coefficient (Wildman–Crippen LogP) is 4.74. The van der Waals surface area contributed by atoms with Gasteiger partial charge in [-0.2, -0.15) is 5.26 Å². The fourth-order valence-corrected chi connectivity index (χ4v) is 2.14. The van der Waals surface area contributed by atoms with E-state index >= 15 is 0 Å². The van der Waals surface area contributed by atoms with Gasteiger partial charge in [0.05, 0.1) is 13.3 Å². The minimum absolute atomic E-state index is 0.0556. The van der Waals surface area contributed by atoms with E-state index in [2.05, 4.69) is 5.69 Å². The van der Waals surface area contributed by atoms with Crippen LogP contribution in [-0.4, -0.2) is 48.7 Å². The first-order chi connectivity index (χ1) is 10.4. The van der Waals surface area contributed by atoms with Gasteiger partial charge in [-0.1, -0.05) is 19.6 Å². The van der Waals surface area contributed by atoms with Gasteiger partial charge >= 0.3 is 0 Å². The Kier molecular flexibility index (Phi) is 15.9. The molecule has 0 aliphatic heterocycles. The molecule has 0 unspecified atom stereocenters. The number of hydrogen-bond acceptors (Lipinski definition) is 3. The van der Waals surface area contributed by atoms with E-state index in [4.69, 9.17) is 14.9 Å². The van der Waals surface area contributed by atoms with Crippen LogP contribution in [0, 0.1) is 22.3 Å². The molecule has 0 radical (unpaired) electrons. The molecule has 0 aliphatic carbocycles. The van der Waals surface area contributed by atoms with Crippen LogP contribution in [0.25, 0.3) is 0 Å². The van der Waals surface area contributed by atoms with Crippen molar-refractivity contribution in [3.05, 3.63) is 0 Å². The molecule has 0 aromatic carbocycles. The molecule has 0 fully saturated rings. The van der Waals surface area contributed by atoms with Crippen LogP contribution in [0.4, 0.5) is 17.6 Å². The zero-order valence-corrected chi connectivity index (χ0v) is 16.9. The summed E-state index contributed by atoms with van der Waals surface area (Å²) < 4.78 is 51.2. The SMILES string of the molecule is C[Si](C)(C)C#N.C[Si](C)(C)OC(C#N)(CF)CF.FCCCF. The molecule has 0 bridgehead atoms. The molecule has 136 valence electrons. The van der Waals surface area contributed by atoms with Crippen LogP contribution in [0.2, 0.25) is 39.3 Å². The van der Waals surface area contributed by atoms with Crippen LogP contribution < -0.4 is 0 Å². The Balaban J connectivity index is -0.000000303. The molecular weight excluding hydrogens is 344 g/mol. The highest BCUT2D eigenvalue weighted by molar-refractivity contribution is 6.83. The first-order valence-corrected chi connectivity index (χ1v) is 14.0. The molecule has 0 aromatic rings. The summed E-state index contributed by atoms with van der Waals surface area (Å²) in [6.07, 6.45) is 0.0556. The monoisotopic (exact) mass is 372 g/mol. The fraction of sp³-hybridized carbons (Fsp3) is 0.857. The highest BCUT2D eigenvalue weighted by Gasteiger charge is 2.36. The quantitative estimate of drug-likeness (QED) is 0.500. The van der Waals surface area contributed by atoms with E-state index in [-0.39, 0.29) is 6.42 Å². The number of nitriles is 2. The largest absolute Gasteiger partial charge is 0.396 e. The van der Waals surface area contributed by atoms with E-state index in [0.29, 0.717) is 0 Å². The highest BCUT2D eigenvalue weighted by atomic mass is 28.4. The molecule has 9 heteroatoms. The highest BCUT2D eigenvalue weighted by Crippen LogP contribution is 2.18. The van der Waals surface area contributed by atoms with Crippen LogP contribution >= 0.6 is 0 Å². The van der Waals surface area contributed by atoms with Gasteiger partial charge in [0.1, 0.15) is 19.4 Å². The van der Waals surface area contributed by atoms with Gasteiger partial charge in [0.25, 0.3) is 0 Å². The normalized spacial score (nSPS) is 11.1. The lowest BCUT2D eigenvalue weighted by atomic mass is 10.1. The molecule has 0 atom stereocenters. The van der Waals surface area contributed by atoms with Gasteiger partial charge in [-0.15, -0.1) is 0 Å². The van der Waals surface area contributed by atoms with Crippen LogP contribution in [0.1, 0.15) is 6.42 Å². The second-order valence-electron chi connectivity index (χ2n) is 6.68. The maximum atomic E-state index is 12.3. The maximum absolute atomic E-state index is 12.3. The Morgan fingerprint density at radius 2 is 1.22 bits per heavy atom. The third-order valence-corrected chi connectivity index (χ3v) is 3.41. The van der Waals surface area contributed by atoms with Gasteiger partial charge in [0.2, 0.25) is 5.60 Å². The van der Waals surface area contributed by atoms with Gasteiger partial charge in [-0.25, -0.2) is 14.0 Å². The van der Waals surface area contributed by atoms with Crippen LogP contribution in [0.3, 0.4) is 0 Å². The predicted molar refractivity (Wildman–Crippen MR) is 90.3 cm³/mol. The van der Waals surface area contributed by atoms with Gasteiger partial charge in [0, 0.05) is 12.1 Å². The minimum atomic E-state index is -2.06. The van der Waals surface area contributed by atoms with E-state index in [9.17, 15) is 17.6 Å². The molecule has 23 heavy (non-hydrogen) atoms. The van der Waals surface area contributed by atoms with E-state index in [1.54, 1.807) is 19.6 Å². The molecule has 0 heterocycles. The van der Waals surface area contributed by atoms with Crippen molar-refractivity contribution in [1.82, 2.24) is 0 Å². The van der Waals surface area contributed by atoms with Crippen LogP contribution in [0.5, 0.6) is 0 Å². The first-order valence-electron chi connectivity index (χ1n) is 7.13. The summed E-state index contributed by atoms with van der Waals surface area (Å²) in [6, 6.07) is 1.53. The number of rotatable bonds is 6. The van der Waals surface area contributed by atoms with Crippen molar-refractivity contribution >= 4 is 16.4 Å². The van der Waals surface area contributed by atoms with Crippen LogP contribution in [0.15, 0.2) is 0 Å². The Morgan fingerprint density at radius 1 is 0.870 bits per heavy atom. The maximum Gasteiger partial charge on any atom is 0.201 e. The Labute approximate surface area is 139 Å². The molecule has 3 nitrogen and oxygen atoms in total. The fourth-order valence-electron chi connectivity index (χ4n) is 0.809. The Hall–Kier alpha value is -0.906. The van der Waals surface area contributed by atoms with Crippen molar-refractivity contribution in [2.75, 3.05) is 26.7 Å².